The van der Waals surface area contributed by atoms with Crippen molar-refractivity contribution in [1.82, 2.24) is 15.2 Å². The minimum Gasteiger partial charge on any atom is -0.461 e. The largest absolute Gasteiger partial charge is 0.461 e. The Kier molecular flexibility index (Phi) is 6.34. The van der Waals surface area contributed by atoms with E-state index in [-0.39, 0.29) is 17.6 Å². The Morgan fingerprint density at radius 3 is 2.55 bits per heavy atom. The number of amides is 2. The maximum atomic E-state index is 12.3. The van der Waals surface area contributed by atoms with E-state index in [1.807, 2.05) is 34.6 Å². The summed E-state index contributed by atoms with van der Waals surface area (Å²) < 4.78 is 4.92. The Hall–Kier alpha value is -1.63. The topological polar surface area (TPSA) is 71.5 Å². The van der Waals surface area contributed by atoms with Gasteiger partial charge in [-0.2, -0.15) is 0 Å². The van der Waals surface area contributed by atoms with Crippen LogP contribution in [0.5, 0.6) is 0 Å². The number of hydrogen-bond donors (Lipinski definition) is 1. The predicted octanol–water partition coefficient (Wildman–Crippen LogP) is 3.04. The van der Waals surface area contributed by atoms with Crippen LogP contribution in [-0.4, -0.2) is 40.1 Å². The Labute approximate surface area is 135 Å². The summed E-state index contributed by atoms with van der Waals surface area (Å²) in [5.74, 6) is -0.430. The van der Waals surface area contributed by atoms with Gasteiger partial charge in [-0.15, -0.1) is 11.3 Å². The van der Waals surface area contributed by atoms with Crippen LogP contribution in [0, 0.1) is 0 Å². The van der Waals surface area contributed by atoms with Crippen LogP contribution in [0.2, 0.25) is 0 Å². The lowest BCUT2D eigenvalue weighted by atomic mass is 10.1. The lowest BCUT2D eigenvalue weighted by Crippen LogP contribution is -2.50. The number of nitrogens with one attached hydrogen (secondary N) is 1. The molecule has 1 N–H and O–H groups in total. The molecule has 0 saturated carbocycles. The molecule has 2 amide bonds. The zero-order valence-electron chi connectivity index (χ0n) is 14.1. The van der Waals surface area contributed by atoms with Crippen LogP contribution in [-0.2, 0) is 11.3 Å². The van der Waals surface area contributed by atoms with E-state index >= 15 is 0 Å². The molecule has 0 saturated heterocycles. The number of ether oxygens (including phenoxy) is 1. The van der Waals surface area contributed by atoms with Gasteiger partial charge >= 0.3 is 12.0 Å². The molecule has 0 aliphatic rings. The molecule has 0 unspecified atom stereocenters. The lowest BCUT2D eigenvalue weighted by Gasteiger charge is -2.30. The Balaban J connectivity index is 2.80. The van der Waals surface area contributed by atoms with E-state index in [2.05, 4.69) is 10.3 Å². The van der Waals surface area contributed by atoms with Crippen molar-refractivity contribution >= 4 is 23.3 Å². The molecule has 1 heterocycles. The highest BCUT2D eigenvalue weighted by Crippen LogP contribution is 2.16. The summed E-state index contributed by atoms with van der Waals surface area (Å²) in [5.41, 5.74) is -0.00907. The second-order valence-electron chi connectivity index (χ2n) is 6.25. The van der Waals surface area contributed by atoms with Gasteiger partial charge < -0.3 is 15.0 Å². The Morgan fingerprint density at radius 1 is 1.41 bits per heavy atom. The monoisotopic (exact) mass is 327 g/mol. The van der Waals surface area contributed by atoms with Gasteiger partial charge in [-0.1, -0.05) is 0 Å². The molecule has 0 aliphatic carbocycles. The van der Waals surface area contributed by atoms with Gasteiger partial charge in [-0.25, -0.2) is 14.6 Å². The van der Waals surface area contributed by atoms with Crippen molar-refractivity contribution in [3.8, 4) is 0 Å². The molecule has 0 atom stereocenters. The van der Waals surface area contributed by atoms with E-state index in [1.165, 1.54) is 11.3 Å². The van der Waals surface area contributed by atoms with Gasteiger partial charge in [0.15, 0.2) is 5.69 Å². The first-order chi connectivity index (χ1) is 10.1. The average molecular weight is 327 g/mol. The number of aromatic nitrogens is 1. The van der Waals surface area contributed by atoms with Crippen LogP contribution < -0.4 is 5.32 Å². The fraction of sp³-hybridized carbons (Fsp3) is 0.667. The summed E-state index contributed by atoms with van der Waals surface area (Å²) in [5, 5.41) is 5.31. The van der Waals surface area contributed by atoms with Crippen molar-refractivity contribution in [2.45, 2.75) is 59.7 Å². The minimum atomic E-state index is -0.430. The van der Waals surface area contributed by atoms with Gasteiger partial charge in [0.2, 0.25) is 0 Å². The molecular weight excluding hydrogens is 302 g/mol. The van der Waals surface area contributed by atoms with Crippen molar-refractivity contribution in [1.29, 1.82) is 0 Å². The zero-order valence-corrected chi connectivity index (χ0v) is 14.9. The van der Waals surface area contributed by atoms with E-state index in [1.54, 1.807) is 17.2 Å². The molecule has 0 aromatic carbocycles. The highest BCUT2D eigenvalue weighted by Gasteiger charge is 2.23. The molecular formula is C15H25N3O3S. The molecule has 1 aromatic rings. The molecule has 0 aliphatic heterocycles. The van der Waals surface area contributed by atoms with E-state index in [9.17, 15) is 9.59 Å². The van der Waals surface area contributed by atoms with E-state index in [0.29, 0.717) is 23.9 Å². The van der Waals surface area contributed by atoms with Gasteiger partial charge in [0.25, 0.3) is 0 Å². The molecule has 7 heteroatoms. The molecule has 22 heavy (non-hydrogen) atoms. The summed E-state index contributed by atoms with van der Waals surface area (Å²) in [6.45, 7) is 12.1. The summed E-state index contributed by atoms with van der Waals surface area (Å²) in [4.78, 5) is 29.9. The highest BCUT2D eigenvalue weighted by molar-refractivity contribution is 7.09. The SMILES string of the molecule is CCOC(=O)c1csc(CN(C(=O)NC(C)(C)C)C(C)C)n1. The standard InChI is InChI=1S/C15H25N3O3S/c1-7-21-13(19)11-9-22-12(16-11)8-18(10(2)3)14(20)17-15(4,5)6/h9-10H,7-8H2,1-6H3,(H,17,20). The molecule has 0 bridgehead atoms. The molecule has 0 spiro atoms. The molecule has 1 rings (SSSR count). The van der Waals surface area contributed by atoms with E-state index in [0.717, 1.165) is 0 Å². The van der Waals surface area contributed by atoms with Crippen LogP contribution in [0.15, 0.2) is 5.38 Å². The first-order valence-electron chi connectivity index (χ1n) is 7.34. The lowest BCUT2D eigenvalue weighted by molar-refractivity contribution is 0.0520. The molecule has 0 radical (unpaired) electrons. The summed E-state index contributed by atoms with van der Waals surface area (Å²) in [6, 6.07) is -0.118. The van der Waals surface area contributed by atoms with E-state index < -0.39 is 5.97 Å². The quantitative estimate of drug-likeness (QED) is 0.844. The Bertz CT molecular complexity index is 520. The van der Waals surface area contributed by atoms with Crippen molar-refractivity contribution in [2.24, 2.45) is 0 Å². The fourth-order valence-electron chi connectivity index (χ4n) is 1.71. The van der Waals surface area contributed by atoms with Gasteiger partial charge in [0.05, 0.1) is 13.2 Å². The van der Waals surface area contributed by atoms with Crippen LogP contribution in [0.1, 0.15) is 57.0 Å². The van der Waals surface area contributed by atoms with Gasteiger partial charge in [-0.3, -0.25) is 0 Å². The third kappa shape index (κ3) is 5.63. The molecule has 6 nitrogen and oxygen atoms in total. The molecule has 1 aromatic heterocycles. The van der Waals surface area contributed by atoms with Crippen LogP contribution in [0.3, 0.4) is 0 Å². The number of urea groups is 1. The smallest absolute Gasteiger partial charge is 0.357 e. The molecule has 0 fully saturated rings. The maximum absolute atomic E-state index is 12.3. The number of nitrogens with zero attached hydrogens (tertiary/aromatic N) is 2. The van der Waals surface area contributed by atoms with Gasteiger partial charge in [-0.05, 0) is 41.5 Å². The summed E-state index contributed by atoms with van der Waals surface area (Å²) in [7, 11) is 0. The molecule has 124 valence electrons. The number of carbonyl (C=O) groups excluding carboxylic acids is 2. The first kappa shape index (κ1) is 18.4. The third-order valence-corrected chi connectivity index (χ3v) is 3.54. The average Bonchev–Trinajstić information content (AvgIpc) is 2.82. The number of thiazole rings is 1. The van der Waals surface area contributed by atoms with Crippen molar-refractivity contribution < 1.29 is 14.3 Å². The van der Waals surface area contributed by atoms with Gasteiger partial charge in [0, 0.05) is 17.0 Å². The number of hydrogen-bond acceptors (Lipinski definition) is 5. The first-order valence-corrected chi connectivity index (χ1v) is 8.22. The zero-order chi connectivity index (χ0) is 16.9. The second kappa shape index (κ2) is 7.58. The number of carbonyl (C=O) groups is 2. The fourth-order valence-corrected chi connectivity index (χ4v) is 2.47. The van der Waals surface area contributed by atoms with Crippen molar-refractivity contribution in [3.63, 3.8) is 0 Å². The predicted molar refractivity (Wildman–Crippen MR) is 87.0 cm³/mol. The maximum Gasteiger partial charge on any atom is 0.357 e. The van der Waals surface area contributed by atoms with E-state index in [4.69, 9.17) is 4.74 Å². The Morgan fingerprint density at radius 2 is 2.05 bits per heavy atom. The highest BCUT2D eigenvalue weighted by atomic mass is 32.1. The minimum absolute atomic E-state index is 0.0253. The van der Waals surface area contributed by atoms with Crippen molar-refractivity contribution in [3.05, 3.63) is 16.1 Å². The van der Waals surface area contributed by atoms with Crippen LogP contribution in [0.25, 0.3) is 0 Å². The number of rotatable bonds is 5. The summed E-state index contributed by atoms with van der Waals surface area (Å²) >= 11 is 1.35. The van der Waals surface area contributed by atoms with Gasteiger partial charge in [0.1, 0.15) is 5.01 Å². The normalized spacial score (nSPS) is 11.4. The third-order valence-electron chi connectivity index (χ3n) is 2.71. The second-order valence-corrected chi connectivity index (χ2v) is 7.19. The van der Waals surface area contributed by atoms with Crippen LogP contribution >= 0.6 is 11.3 Å². The summed E-state index contributed by atoms with van der Waals surface area (Å²) in [6.07, 6.45) is 0. The number of esters is 1. The van der Waals surface area contributed by atoms with Crippen molar-refractivity contribution in [2.75, 3.05) is 6.61 Å². The van der Waals surface area contributed by atoms with Crippen LogP contribution in [0.4, 0.5) is 4.79 Å².